The van der Waals surface area contributed by atoms with Gasteiger partial charge in [-0.05, 0) is 60.3 Å². The van der Waals surface area contributed by atoms with Crippen molar-refractivity contribution in [3.05, 3.63) is 34.9 Å². The highest BCUT2D eigenvalue weighted by molar-refractivity contribution is 5.86. The van der Waals surface area contributed by atoms with Crippen LogP contribution in [0.5, 0.6) is 23.0 Å². The van der Waals surface area contributed by atoms with E-state index in [-0.39, 0.29) is 6.04 Å². The Hall–Kier alpha value is -3.06. The monoisotopic (exact) mass is 411 g/mol. The number of fused-ring (bicyclic) bond motifs is 2. The third-order valence-corrected chi connectivity index (χ3v) is 5.75. The van der Waals surface area contributed by atoms with Crippen molar-refractivity contribution in [2.45, 2.75) is 32.7 Å². The van der Waals surface area contributed by atoms with Crippen LogP contribution < -0.4 is 18.9 Å². The van der Waals surface area contributed by atoms with Gasteiger partial charge in [-0.15, -0.1) is 0 Å². The van der Waals surface area contributed by atoms with Gasteiger partial charge in [0.05, 0.1) is 14.2 Å². The summed E-state index contributed by atoms with van der Waals surface area (Å²) in [6.07, 6.45) is 1.62. The molecule has 158 valence electrons. The smallest absolute Gasteiger partial charge is 0.308 e. The maximum atomic E-state index is 11.7. The van der Waals surface area contributed by atoms with E-state index in [1.807, 2.05) is 18.2 Å². The third kappa shape index (κ3) is 3.29. The Labute approximate surface area is 175 Å². The minimum Gasteiger partial charge on any atom is -0.493 e. The number of benzene rings is 2. The van der Waals surface area contributed by atoms with Crippen molar-refractivity contribution in [3.63, 3.8) is 0 Å². The van der Waals surface area contributed by atoms with E-state index in [4.69, 9.17) is 18.9 Å². The van der Waals surface area contributed by atoms with Crippen LogP contribution in [-0.4, -0.2) is 44.7 Å². The molecule has 0 bridgehead atoms. The van der Waals surface area contributed by atoms with Gasteiger partial charge in [-0.2, -0.15) is 0 Å². The van der Waals surface area contributed by atoms with Crippen LogP contribution in [0.4, 0.5) is 0 Å². The minimum atomic E-state index is -0.406. The van der Waals surface area contributed by atoms with Gasteiger partial charge < -0.3 is 18.9 Å². The van der Waals surface area contributed by atoms with Gasteiger partial charge in [-0.25, -0.2) is 0 Å². The van der Waals surface area contributed by atoms with Crippen LogP contribution in [0.15, 0.2) is 18.2 Å². The van der Waals surface area contributed by atoms with Crippen LogP contribution in [0.1, 0.15) is 36.6 Å². The van der Waals surface area contributed by atoms with Crippen molar-refractivity contribution in [2.24, 2.45) is 0 Å². The SMILES string of the molecule is COc1cc2c(cc1OC(C)=O)C[C@H]1c3c(cc(OC(C)=O)c(OC)c3-2)CCN1C. The van der Waals surface area contributed by atoms with Crippen LogP contribution in [0.2, 0.25) is 0 Å². The van der Waals surface area contributed by atoms with Crippen LogP contribution >= 0.6 is 0 Å². The zero-order valence-corrected chi connectivity index (χ0v) is 17.8. The molecule has 2 aromatic rings. The normalized spacial score (nSPS) is 16.9. The second-order valence-corrected chi connectivity index (χ2v) is 7.65. The fourth-order valence-corrected chi connectivity index (χ4v) is 4.53. The zero-order valence-electron chi connectivity index (χ0n) is 17.8. The highest BCUT2D eigenvalue weighted by Crippen LogP contribution is 2.54. The van der Waals surface area contributed by atoms with Crippen molar-refractivity contribution >= 4 is 11.9 Å². The Balaban J connectivity index is 2.02. The van der Waals surface area contributed by atoms with Crippen molar-refractivity contribution < 1.29 is 28.5 Å². The molecule has 4 rings (SSSR count). The summed E-state index contributed by atoms with van der Waals surface area (Å²) in [6.45, 7) is 3.64. The molecule has 1 aliphatic heterocycles. The lowest BCUT2D eigenvalue weighted by atomic mass is 9.76. The van der Waals surface area contributed by atoms with E-state index >= 15 is 0 Å². The summed E-state index contributed by atoms with van der Waals surface area (Å²) in [7, 11) is 5.22. The van der Waals surface area contributed by atoms with Crippen LogP contribution in [0.3, 0.4) is 0 Å². The average molecular weight is 411 g/mol. The molecule has 30 heavy (non-hydrogen) atoms. The van der Waals surface area contributed by atoms with E-state index in [9.17, 15) is 9.59 Å². The van der Waals surface area contributed by atoms with Crippen LogP contribution in [0.25, 0.3) is 11.1 Å². The lowest BCUT2D eigenvalue weighted by Gasteiger charge is -2.40. The van der Waals surface area contributed by atoms with Crippen LogP contribution in [0, 0.1) is 0 Å². The molecule has 2 aliphatic rings. The summed E-state index contributed by atoms with van der Waals surface area (Å²) < 4.78 is 22.1. The minimum absolute atomic E-state index is 0.148. The number of rotatable bonds is 4. The third-order valence-electron chi connectivity index (χ3n) is 5.75. The molecule has 0 saturated carbocycles. The topological polar surface area (TPSA) is 74.3 Å². The maximum absolute atomic E-state index is 11.7. The predicted octanol–water partition coefficient (Wildman–Crippen LogP) is 3.31. The van der Waals surface area contributed by atoms with Crippen molar-refractivity contribution in [1.29, 1.82) is 0 Å². The molecule has 0 radical (unpaired) electrons. The number of hydrogen-bond donors (Lipinski definition) is 0. The molecule has 7 nitrogen and oxygen atoms in total. The van der Waals surface area contributed by atoms with E-state index in [1.54, 1.807) is 7.11 Å². The van der Waals surface area contributed by atoms with Crippen LogP contribution in [-0.2, 0) is 22.4 Å². The first-order chi connectivity index (χ1) is 14.3. The van der Waals surface area contributed by atoms with Gasteiger partial charge >= 0.3 is 11.9 Å². The zero-order chi connectivity index (χ0) is 21.6. The van der Waals surface area contributed by atoms with Gasteiger partial charge in [0.15, 0.2) is 23.0 Å². The van der Waals surface area contributed by atoms with Gasteiger partial charge in [-0.3, -0.25) is 14.5 Å². The standard InChI is InChI=1S/C23H25NO6/c1-12(25)29-19-10-15-8-17-21-14(6-7-24(17)3)9-20(30-13(2)26)23(28-5)22(21)16(15)11-18(19)27-4/h9-11,17H,6-8H2,1-5H3/t17-/m0/s1. The highest BCUT2D eigenvalue weighted by Gasteiger charge is 2.37. The van der Waals surface area contributed by atoms with Gasteiger partial charge in [0.1, 0.15) is 0 Å². The molecule has 0 N–H and O–H groups in total. The molecule has 2 aromatic carbocycles. The van der Waals surface area contributed by atoms with E-state index in [2.05, 4.69) is 11.9 Å². The van der Waals surface area contributed by atoms with Crippen molar-refractivity contribution in [2.75, 3.05) is 27.8 Å². The molecule has 0 spiro atoms. The van der Waals surface area contributed by atoms with E-state index < -0.39 is 11.9 Å². The summed E-state index contributed by atoms with van der Waals surface area (Å²) >= 11 is 0. The Bertz CT molecular complexity index is 1040. The first-order valence-corrected chi connectivity index (χ1v) is 9.86. The number of nitrogens with zero attached hydrogens (tertiary/aromatic N) is 1. The number of hydrogen-bond acceptors (Lipinski definition) is 7. The number of methoxy groups -OCH3 is 2. The van der Waals surface area contributed by atoms with E-state index in [1.165, 1.54) is 26.5 Å². The van der Waals surface area contributed by atoms with E-state index in [0.717, 1.165) is 41.6 Å². The fraction of sp³-hybridized carbons (Fsp3) is 0.391. The summed E-state index contributed by atoms with van der Waals surface area (Å²) in [5.41, 5.74) is 5.18. The first kappa shape index (κ1) is 20.2. The number of carbonyl (C=O) groups excluding carboxylic acids is 2. The maximum Gasteiger partial charge on any atom is 0.308 e. The molecular formula is C23H25NO6. The predicted molar refractivity (Wildman–Crippen MR) is 110 cm³/mol. The highest BCUT2D eigenvalue weighted by atomic mass is 16.6. The summed E-state index contributed by atoms with van der Waals surface area (Å²) in [5.74, 6) is 0.978. The molecule has 1 atom stereocenters. The van der Waals surface area contributed by atoms with Crippen molar-refractivity contribution in [1.82, 2.24) is 4.90 Å². The van der Waals surface area contributed by atoms with Gasteiger partial charge in [0.2, 0.25) is 0 Å². The molecule has 7 heteroatoms. The van der Waals surface area contributed by atoms with E-state index in [0.29, 0.717) is 23.0 Å². The number of ether oxygens (including phenoxy) is 4. The second kappa shape index (κ2) is 7.65. The molecule has 1 heterocycles. The Morgan fingerprint density at radius 2 is 1.60 bits per heavy atom. The van der Waals surface area contributed by atoms with Gasteiger partial charge in [0, 0.05) is 32.0 Å². The lowest BCUT2D eigenvalue weighted by molar-refractivity contribution is -0.132. The first-order valence-electron chi connectivity index (χ1n) is 9.86. The summed E-state index contributed by atoms with van der Waals surface area (Å²) in [6, 6.07) is 5.80. The van der Waals surface area contributed by atoms with Crippen molar-refractivity contribution in [3.8, 4) is 34.1 Å². The molecule has 0 saturated heterocycles. The molecule has 0 fully saturated rings. The Kier molecular flexibility index (Phi) is 5.15. The lowest BCUT2D eigenvalue weighted by Crippen LogP contribution is -2.35. The second-order valence-electron chi connectivity index (χ2n) is 7.65. The Morgan fingerprint density at radius 1 is 0.933 bits per heavy atom. The fourth-order valence-electron chi connectivity index (χ4n) is 4.53. The molecule has 0 amide bonds. The molecule has 1 aliphatic carbocycles. The summed E-state index contributed by atoms with van der Waals surface area (Å²) in [4.78, 5) is 25.6. The van der Waals surface area contributed by atoms with Gasteiger partial charge in [-0.1, -0.05) is 0 Å². The molecular weight excluding hydrogens is 386 g/mol. The number of carbonyl (C=O) groups is 2. The quantitative estimate of drug-likeness (QED) is 0.564. The molecule has 0 unspecified atom stereocenters. The number of likely N-dealkylation sites (N-methyl/N-ethyl adjacent to an activating group) is 1. The average Bonchev–Trinajstić information content (AvgIpc) is 2.69. The van der Waals surface area contributed by atoms with Gasteiger partial charge in [0.25, 0.3) is 0 Å². The molecule has 0 aromatic heterocycles. The largest absolute Gasteiger partial charge is 0.493 e. The number of esters is 2. The Morgan fingerprint density at radius 3 is 2.23 bits per heavy atom. The summed E-state index contributed by atoms with van der Waals surface area (Å²) in [5, 5.41) is 0.